The molecule has 5 fully saturated rings. The molecular formula is C27H46N2O2. The van der Waals surface area contributed by atoms with Gasteiger partial charge in [-0.2, -0.15) is 0 Å². The molecule has 0 aromatic heterocycles. The first-order valence-electron chi connectivity index (χ1n) is 13.5. The number of aliphatic hydroxyl groups is 1. The van der Waals surface area contributed by atoms with Gasteiger partial charge >= 0.3 is 0 Å². The van der Waals surface area contributed by atoms with Crippen molar-refractivity contribution >= 4 is 5.91 Å². The summed E-state index contributed by atoms with van der Waals surface area (Å²) in [5.41, 5.74) is 0.710. The number of hydrogen-bond acceptors (Lipinski definition) is 3. The first kappa shape index (κ1) is 22.2. The zero-order valence-corrected chi connectivity index (χ0v) is 20.3. The minimum absolute atomic E-state index is 0.0609. The van der Waals surface area contributed by atoms with Crippen molar-refractivity contribution in [1.29, 1.82) is 0 Å². The highest BCUT2D eigenvalue weighted by molar-refractivity contribution is 5.73. The van der Waals surface area contributed by atoms with E-state index in [9.17, 15) is 9.90 Å². The van der Waals surface area contributed by atoms with Crippen LogP contribution in [0.4, 0.5) is 0 Å². The predicted octanol–water partition coefficient (Wildman–Crippen LogP) is 4.56. The Hall–Kier alpha value is -0.610. The van der Waals surface area contributed by atoms with Crippen LogP contribution in [0.15, 0.2) is 0 Å². The first-order valence-corrected chi connectivity index (χ1v) is 13.5. The van der Waals surface area contributed by atoms with Gasteiger partial charge in [-0.15, -0.1) is 0 Å². The molecule has 0 radical (unpaired) electrons. The first-order chi connectivity index (χ1) is 14.8. The zero-order chi connectivity index (χ0) is 21.8. The lowest BCUT2D eigenvalue weighted by molar-refractivity contribution is -0.163. The molecule has 5 rings (SSSR count). The largest absolute Gasteiger partial charge is 0.393 e. The Kier molecular flexibility index (Phi) is 5.95. The van der Waals surface area contributed by atoms with E-state index in [2.05, 4.69) is 18.7 Å². The summed E-state index contributed by atoms with van der Waals surface area (Å²) in [6, 6.07) is 0. The fourth-order valence-electron chi connectivity index (χ4n) is 9.52. The number of nitrogens with zero attached hydrogens (tertiary/aromatic N) is 2. The molecule has 8 atom stereocenters. The van der Waals surface area contributed by atoms with Gasteiger partial charge in [0.25, 0.3) is 0 Å². The van der Waals surface area contributed by atoms with Crippen molar-refractivity contribution in [2.75, 3.05) is 32.7 Å². The molecule has 4 nitrogen and oxygen atoms in total. The molecule has 5 aliphatic rings. The molecule has 1 aliphatic heterocycles. The van der Waals surface area contributed by atoms with Gasteiger partial charge in [-0.05, 0) is 105 Å². The van der Waals surface area contributed by atoms with Crippen molar-refractivity contribution in [3.63, 3.8) is 0 Å². The molecule has 4 saturated carbocycles. The minimum Gasteiger partial charge on any atom is -0.393 e. The third-order valence-electron chi connectivity index (χ3n) is 11.5. The number of piperazine rings is 1. The van der Waals surface area contributed by atoms with Crippen molar-refractivity contribution in [3.8, 4) is 0 Å². The molecular weight excluding hydrogens is 384 g/mol. The second kappa shape index (κ2) is 8.31. The lowest BCUT2D eigenvalue weighted by atomic mass is 9.44. The van der Waals surface area contributed by atoms with Crippen LogP contribution in [0.1, 0.15) is 85.0 Å². The molecule has 1 saturated heterocycles. The van der Waals surface area contributed by atoms with E-state index >= 15 is 0 Å². The third-order valence-corrected chi connectivity index (χ3v) is 11.5. The molecule has 4 aliphatic carbocycles. The Morgan fingerprint density at radius 2 is 1.71 bits per heavy atom. The van der Waals surface area contributed by atoms with E-state index in [1.54, 1.807) is 6.92 Å². The van der Waals surface area contributed by atoms with E-state index in [1.807, 2.05) is 4.90 Å². The summed E-state index contributed by atoms with van der Waals surface area (Å²) in [5.74, 6) is 4.38. The van der Waals surface area contributed by atoms with Crippen molar-refractivity contribution in [1.82, 2.24) is 9.80 Å². The average Bonchev–Trinajstić information content (AvgIpc) is 3.10. The van der Waals surface area contributed by atoms with E-state index in [1.165, 1.54) is 64.3 Å². The van der Waals surface area contributed by atoms with Gasteiger partial charge < -0.3 is 10.0 Å². The second-order valence-corrected chi connectivity index (χ2v) is 12.4. The van der Waals surface area contributed by atoms with E-state index in [0.717, 1.165) is 62.2 Å². The topological polar surface area (TPSA) is 43.8 Å². The molecule has 0 bridgehead atoms. The van der Waals surface area contributed by atoms with Crippen LogP contribution < -0.4 is 0 Å². The zero-order valence-electron chi connectivity index (χ0n) is 20.3. The van der Waals surface area contributed by atoms with Gasteiger partial charge in [0.2, 0.25) is 5.91 Å². The summed E-state index contributed by atoms with van der Waals surface area (Å²) in [5, 5.41) is 11.1. The van der Waals surface area contributed by atoms with Gasteiger partial charge in [0.15, 0.2) is 0 Å². The molecule has 1 heterocycles. The normalized spacial score (nSPS) is 48.1. The van der Waals surface area contributed by atoms with E-state index < -0.39 is 0 Å². The van der Waals surface area contributed by atoms with Crippen molar-refractivity contribution < 1.29 is 9.90 Å². The predicted molar refractivity (Wildman–Crippen MR) is 125 cm³/mol. The Balaban J connectivity index is 1.23. The molecule has 2 unspecified atom stereocenters. The maximum Gasteiger partial charge on any atom is 0.219 e. The third kappa shape index (κ3) is 3.59. The average molecular weight is 431 g/mol. The van der Waals surface area contributed by atoms with Crippen LogP contribution >= 0.6 is 0 Å². The molecule has 0 aromatic rings. The lowest BCUT2D eigenvalue weighted by Gasteiger charge is -2.61. The number of aliphatic hydroxyl groups excluding tert-OH is 1. The van der Waals surface area contributed by atoms with Gasteiger partial charge in [-0.3, -0.25) is 9.69 Å². The van der Waals surface area contributed by atoms with Crippen LogP contribution in [0, 0.1) is 40.4 Å². The maximum atomic E-state index is 11.6. The van der Waals surface area contributed by atoms with E-state index in [-0.39, 0.29) is 17.4 Å². The highest BCUT2D eigenvalue weighted by Gasteiger charge is 2.61. The summed E-state index contributed by atoms with van der Waals surface area (Å²) >= 11 is 0. The number of rotatable bonds is 3. The SMILES string of the molecule is CC(=O)N1CCN(CC[C@H]2CC[C@H]3[C@@H]4CCC5CCCC(O)[C@]5(C)[C@H]4CC[C@]23C)CC1. The van der Waals surface area contributed by atoms with Crippen LogP contribution in [-0.2, 0) is 4.79 Å². The van der Waals surface area contributed by atoms with Gasteiger partial charge in [-0.25, -0.2) is 0 Å². The second-order valence-electron chi connectivity index (χ2n) is 12.4. The standard InChI is InChI=1S/C27H46N2O2/c1-19(30)29-17-15-28(16-18-29)14-12-20-8-10-23-22-9-7-21-5-4-6-25(31)27(21,3)24(22)11-13-26(20,23)2/h20-25,31H,4-18H2,1-3H3/t20-,21?,22+,23+,24+,25?,26-,27+/m1/s1. The Morgan fingerprint density at radius 3 is 2.45 bits per heavy atom. The van der Waals surface area contributed by atoms with Crippen LogP contribution in [0.2, 0.25) is 0 Å². The van der Waals surface area contributed by atoms with E-state index in [0.29, 0.717) is 5.41 Å². The molecule has 0 spiro atoms. The number of carbonyl (C=O) groups is 1. The Labute approximate surface area is 190 Å². The summed E-state index contributed by atoms with van der Waals surface area (Å²) in [6.07, 6.45) is 13.3. The van der Waals surface area contributed by atoms with Crippen LogP contribution in [0.3, 0.4) is 0 Å². The summed E-state index contributed by atoms with van der Waals surface area (Å²) in [6.45, 7) is 12.0. The Morgan fingerprint density at radius 1 is 0.935 bits per heavy atom. The molecule has 176 valence electrons. The molecule has 0 aromatic carbocycles. The lowest BCUT2D eigenvalue weighted by Crippen LogP contribution is -2.57. The number of carbonyl (C=O) groups excluding carboxylic acids is 1. The smallest absolute Gasteiger partial charge is 0.219 e. The summed E-state index contributed by atoms with van der Waals surface area (Å²) < 4.78 is 0. The van der Waals surface area contributed by atoms with Crippen molar-refractivity contribution in [3.05, 3.63) is 0 Å². The monoisotopic (exact) mass is 430 g/mol. The summed E-state index contributed by atoms with van der Waals surface area (Å²) in [4.78, 5) is 16.2. The van der Waals surface area contributed by atoms with Gasteiger partial charge in [0.05, 0.1) is 6.10 Å². The number of fused-ring (bicyclic) bond motifs is 5. The van der Waals surface area contributed by atoms with Gasteiger partial charge in [-0.1, -0.05) is 20.3 Å². The quantitative estimate of drug-likeness (QED) is 0.714. The minimum atomic E-state index is -0.0609. The molecule has 31 heavy (non-hydrogen) atoms. The van der Waals surface area contributed by atoms with Gasteiger partial charge in [0, 0.05) is 33.1 Å². The van der Waals surface area contributed by atoms with Crippen LogP contribution in [0.25, 0.3) is 0 Å². The highest BCUT2D eigenvalue weighted by atomic mass is 16.3. The fraction of sp³-hybridized carbons (Fsp3) is 0.963. The van der Waals surface area contributed by atoms with E-state index in [4.69, 9.17) is 0 Å². The number of amides is 1. The summed E-state index contributed by atoms with van der Waals surface area (Å²) in [7, 11) is 0. The molecule has 4 heteroatoms. The fourth-order valence-corrected chi connectivity index (χ4v) is 9.52. The molecule has 1 N–H and O–H groups in total. The Bertz CT molecular complexity index is 674. The van der Waals surface area contributed by atoms with Crippen molar-refractivity contribution in [2.24, 2.45) is 40.4 Å². The van der Waals surface area contributed by atoms with Crippen LogP contribution in [-0.4, -0.2) is 59.6 Å². The van der Waals surface area contributed by atoms with Crippen LogP contribution in [0.5, 0.6) is 0 Å². The van der Waals surface area contributed by atoms with Gasteiger partial charge in [0.1, 0.15) is 0 Å². The highest BCUT2D eigenvalue weighted by Crippen LogP contribution is 2.67. The number of hydrogen-bond donors (Lipinski definition) is 1. The maximum absolute atomic E-state index is 11.6. The van der Waals surface area contributed by atoms with Crippen molar-refractivity contribution in [2.45, 2.75) is 91.1 Å². The molecule has 1 amide bonds.